The lowest BCUT2D eigenvalue weighted by atomic mass is 9.81. The zero-order valence-electron chi connectivity index (χ0n) is 33.4. The highest BCUT2D eigenvalue weighted by Gasteiger charge is 2.54. The van der Waals surface area contributed by atoms with Crippen molar-refractivity contribution in [1.29, 1.82) is 0 Å². The van der Waals surface area contributed by atoms with Gasteiger partial charge in [0.15, 0.2) is 22.6 Å². The maximum atomic E-state index is 13.5. The Labute approximate surface area is 295 Å². The van der Waals surface area contributed by atoms with Gasteiger partial charge in [0.25, 0.3) is 0 Å². The molecule has 0 aliphatic heterocycles. The van der Waals surface area contributed by atoms with Crippen molar-refractivity contribution in [2.24, 2.45) is 0 Å². The molecule has 276 valence electrons. The maximum Gasteiger partial charge on any atom is 0.192 e. The average molecular weight is 659 g/mol. The van der Waals surface area contributed by atoms with Crippen LogP contribution in [0.3, 0.4) is 0 Å². The molecule has 0 fully saturated rings. The summed E-state index contributed by atoms with van der Waals surface area (Å²) in [6.45, 7) is 12.8. The Bertz CT molecular complexity index is 753. The molecular weight excluding hydrogens is 574 g/mol. The molecule has 0 heterocycles. The van der Waals surface area contributed by atoms with E-state index in [9.17, 15) is 9.59 Å². The molecule has 0 amide bonds. The van der Waals surface area contributed by atoms with E-state index in [1.807, 2.05) is 0 Å². The molecule has 0 bridgehead atoms. The number of Topliss-reactive ketones (excluding diaryl/α,β-unsaturated/α-hetero) is 2. The summed E-state index contributed by atoms with van der Waals surface area (Å²) < 4.78 is 0.411. The minimum Gasteiger partial charge on any atom is -0.307 e. The summed E-state index contributed by atoms with van der Waals surface area (Å²) in [7, 11) is 4.19. The molecule has 0 unspecified atom stereocenters. The van der Waals surface area contributed by atoms with Crippen LogP contribution in [-0.2, 0) is 9.59 Å². The van der Waals surface area contributed by atoms with Crippen molar-refractivity contribution in [3.8, 4) is 0 Å². The number of rotatable bonds is 34. The number of carbonyl (C=O) groups excluding carboxylic acids is 2. The molecule has 3 heteroatoms. The van der Waals surface area contributed by atoms with Gasteiger partial charge < -0.3 is 4.48 Å². The third kappa shape index (κ3) is 20.8. The summed E-state index contributed by atoms with van der Waals surface area (Å²) in [4.78, 5) is 27.0. The van der Waals surface area contributed by atoms with Crippen LogP contribution in [0.1, 0.15) is 221 Å². The summed E-state index contributed by atoms with van der Waals surface area (Å²) in [5, 5.41) is 0. The fourth-order valence-electron chi connectivity index (χ4n) is 6.65. The molecule has 47 heavy (non-hydrogen) atoms. The monoisotopic (exact) mass is 659 g/mol. The zero-order chi connectivity index (χ0) is 35.3. The van der Waals surface area contributed by atoms with Gasteiger partial charge in [-0.3, -0.25) is 9.59 Å². The summed E-state index contributed by atoms with van der Waals surface area (Å²) in [6.07, 6.45) is 43.6. The number of unbranched alkanes of at least 4 members (excludes halogenated alkanes) is 22. The Hall–Kier alpha value is -1.22. The zero-order valence-corrected chi connectivity index (χ0v) is 33.4. The molecule has 3 nitrogen and oxygen atoms in total. The molecule has 0 aromatic carbocycles. The van der Waals surface area contributed by atoms with Gasteiger partial charge in [0, 0.05) is 12.8 Å². The van der Waals surface area contributed by atoms with E-state index < -0.39 is 11.1 Å². The normalized spacial score (nSPS) is 12.9. The van der Waals surface area contributed by atoms with Crippen molar-refractivity contribution in [3.05, 3.63) is 24.3 Å². The molecule has 0 N–H and O–H groups in total. The number of ketones is 2. The van der Waals surface area contributed by atoms with E-state index in [0.717, 1.165) is 25.7 Å². The van der Waals surface area contributed by atoms with Crippen LogP contribution in [0.4, 0.5) is 0 Å². The van der Waals surface area contributed by atoms with Crippen LogP contribution in [0, 0.1) is 0 Å². The van der Waals surface area contributed by atoms with Gasteiger partial charge in [-0.15, -0.1) is 0 Å². The van der Waals surface area contributed by atoms with Crippen LogP contribution in [0.15, 0.2) is 24.3 Å². The predicted molar refractivity (Wildman–Crippen MR) is 209 cm³/mol. The molecule has 0 aromatic rings. The van der Waals surface area contributed by atoms with E-state index in [-0.39, 0.29) is 0 Å². The van der Waals surface area contributed by atoms with E-state index >= 15 is 0 Å². The molecular formula is C44H84NO2+. The fraction of sp³-hybridized carbons (Fsp3) is 0.864. The summed E-state index contributed by atoms with van der Waals surface area (Å²) in [5.74, 6) is 0.587. The maximum absolute atomic E-state index is 13.5. The Morgan fingerprint density at radius 3 is 0.915 bits per heavy atom. The summed E-state index contributed by atoms with van der Waals surface area (Å²) in [5.41, 5.74) is -1.19. The van der Waals surface area contributed by atoms with Gasteiger partial charge in [0.05, 0.1) is 14.1 Å². The molecule has 0 saturated carbocycles. The van der Waals surface area contributed by atoms with Gasteiger partial charge >= 0.3 is 0 Å². The second kappa shape index (κ2) is 28.6. The average Bonchev–Trinajstić information content (AvgIpc) is 3.04. The third-order valence-corrected chi connectivity index (χ3v) is 11.5. The Morgan fingerprint density at radius 1 is 0.404 bits per heavy atom. The first kappa shape index (κ1) is 45.8. The van der Waals surface area contributed by atoms with Crippen LogP contribution < -0.4 is 0 Å². The highest BCUT2D eigenvalue weighted by Crippen LogP contribution is 2.35. The predicted octanol–water partition coefficient (Wildman–Crippen LogP) is 13.8. The molecule has 0 atom stereocenters. The van der Waals surface area contributed by atoms with Crippen LogP contribution in [0.2, 0.25) is 0 Å². The number of nitrogens with zero attached hydrogens (tertiary/aromatic N) is 1. The highest BCUT2D eigenvalue weighted by molar-refractivity contribution is 5.89. The molecule has 0 radical (unpaired) electrons. The van der Waals surface area contributed by atoms with Crippen molar-refractivity contribution in [1.82, 2.24) is 0 Å². The van der Waals surface area contributed by atoms with Gasteiger partial charge in [-0.1, -0.05) is 141 Å². The van der Waals surface area contributed by atoms with Crippen LogP contribution >= 0.6 is 0 Å². The lowest BCUT2D eigenvalue weighted by Gasteiger charge is -2.52. The molecule has 0 aliphatic carbocycles. The second-order valence-corrected chi connectivity index (χ2v) is 16.1. The standard InChI is InChI=1S/C44H84NO2/c1-9-11-13-15-17-19-21-23-25-27-29-31-33-35-37-39-41(46)43(3,4)45(7,8)44(5,6)42(47)40-38-36-34-32-30-28-26-24-22-20-18-16-14-12-10-2/h23-26H,9-22,27-40H2,1-8H3/q+1/b25-23-,26-24-. The van der Waals surface area contributed by atoms with Crippen LogP contribution in [0.5, 0.6) is 0 Å². The topological polar surface area (TPSA) is 34.1 Å². The van der Waals surface area contributed by atoms with Crippen LogP contribution in [-0.4, -0.2) is 41.2 Å². The van der Waals surface area contributed by atoms with E-state index in [1.54, 1.807) is 0 Å². The van der Waals surface area contributed by atoms with Gasteiger partial charge in [-0.05, 0) is 91.9 Å². The van der Waals surface area contributed by atoms with Gasteiger partial charge in [-0.2, -0.15) is 0 Å². The fourth-order valence-corrected chi connectivity index (χ4v) is 6.65. The smallest absolute Gasteiger partial charge is 0.192 e. The van der Waals surface area contributed by atoms with E-state index in [4.69, 9.17) is 0 Å². The van der Waals surface area contributed by atoms with E-state index in [1.165, 1.54) is 141 Å². The Kier molecular flexibility index (Phi) is 27.9. The first-order chi connectivity index (χ1) is 22.5. The van der Waals surface area contributed by atoms with Gasteiger partial charge in [-0.25, -0.2) is 0 Å². The van der Waals surface area contributed by atoms with E-state index in [0.29, 0.717) is 28.9 Å². The SMILES string of the molecule is CCCCCCCC/C=C\CCCCCCCC(=O)C(C)(C)[N+](C)(C)C(C)(C)C(=O)CCCCCCC/C=C\CCCCCCCC. The van der Waals surface area contributed by atoms with Crippen molar-refractivity contribution < 1.29 is 14.1 Å². The molecule has 0 spiro atoms. The first-order valence-corrected chi connectivity index (χ1v) is 20.7. The Balaban J connectivity index is 4.17. The lowest BCUT2D eigenvalue weighted by Crippen LogP contribution is -2.71. The number of hydrogen-bond donors (Lipinski definition) is 0. The lowest BCUT2D eigenvalue weighted by molar-refractivity contribution is -0.961. The van der Waals surface area contributed by atoms with Crippen LogP contribution in [0.25, 0.3) is 0 Å². The van der Waals surface area contributed by atoms with Gasteiger partial charge in [0.1, 0.15) is 0 Å². The highest BCUT2D eigenvalue weighted by atomic mass is 16.1. The minimum atomic E-state index is -0.595. The summed E-state index contributed by atoms with van der Waals surface area (Å²) >= 11 is 0. The Morgan fingerprint density at radius 2 is 0.638 bits per heavy atom. The third-order valence-electron chi connectivity index (χ3n) is 11.5. The molecule has 0 saturated heterocycles. The van der Waals surface area contributed by atoms with Crippen molar-refractivity contribution >= 4 is 11.6 Å². The quantitative estimate of drug-likeness (QED) is 0.0392. The van der Waals surface area contributed by atoms with E-state index in [2.05, 4.69) is 79.9 Å². The number of allylic oxidation sites excluding steroid dienone is 4. The van der Waals surface area contributed by atoms with Crippen molar-refractivity contribution in [2.45, 2.75) is 232 Å². The summed E-state index contributed by atoms with van der Waals surface area (Å²) in [6, 6.07) is 0. The number of likely N-dealkylation sites (N-methyl/N-ethyl adjacent to an activating group) is 1. The second-order valence-electron chi connectivity index (χ2n) is 16.1. The molecule has 0 aliphatic rings. The van der Waals surface area contributed by atoms with Gasteiger partial charge in [0.2, 0.25) is 0 Å². The van der Waals surface area contributed by atoms with Crippen molar-refractivity contribution in [2.75, 3.05) is 14.1 Å². The molecule has 0 aromatic heterocycles. The number of carbonyl (C=O) groups is 2. The largest absolute Gasteiger partial charge is 0.307 e. The van der Waals surface area contributed by atoms with Crippen molar-refractivity contribution in [3.63, 3.8) is 0 Å². The molecule has 0 rings (SSSR count). The minimum absolute atomic E-state index is 0.294. The first-order valence-electron chi connectivity index (χ1n) is 20.7. The number of hydrogen-bond acceptors (Lipinski definition) is 2. The number of quaternary nitrogens is 1.